The standard InChI is InChI=1S/C74H136O6/c1-4-7-10-13-16-19-22-25-28-30-31-32-33-34-35-36-37-38-39-40-41-42-43-44-47-49-52-55-58-61-64-67-73(76)79-70-71(69-78-72(75)66-63-60-57-54-51-48-45-27-24-21-18-15-12-9-6-3)80-74(77)68-65-62-59-56-53-50-46-29-26-23-20-17-14-11-8-5-2/h18,20-21,23,27,29,45-46,71H,4-17,19,22,24-26,28,30-44,47-70H2,1-3H3/b21-18-,23-20-,45-27-,46-29-. The molecule has 0 aromatic rings. The molecule has 1 atom stereocenters. The summed E-state index contributed by atoms with van der Waals surface area (Å²) in [6.07, 6.45) is 87.3. The Labute approximate surface area is 498 Å². The minimum Gasteiger partial charge on any atom is -0.462 e. The van der Waals surface area contributed by atoms with Gasteiger partial charge in [-0.1, -0.05) is 333 Å². The van der Waals surface area contributed by atoms with E-state index in [4.69, 9.17) is 14.2 Å². The summed E-state index contributed by atoms with van der Waals surface area (Å²) in [6.45, 7) is 6.64. The van der Waals surface area contributed by atoms with E-state index < -0.39 is 6.10 Å². The van der Waals surface area contributed by atoms with E-state index in [1.807, 2.05) is 0 Å². The molecule has 1 unspecified atom stereocenters. The van der Waals surface area contributed by atoms with Gasteiger partial charge in [0.1, 0.15) is 13.2 Å². The van der Waals surface area contributed by atoms with E-state index in [0.29, 0.717) is 19.3 Å². The van der Waals surface area contributed by atoms with Crippen molar-refractivity contribution in [2.45, 2.75) is 393 Å². The van der Waals surface area contributed by atoms with E-state index in [9.17, 15) is 14.4 Å². The Bertz CT molecular complexity index is 1380. The molecule has 6 nitrogen and oxygen atoms in total. The number of allylic oxidation sites excluding steroid dienone is 8. The Balaban J connectivity index is 4.17. The fourth-order valence-electron chi connectivity index (χ4n) is 10.7. The number of hydrogen-bond acceptors (Lipinski definition) is 6. The minimum absolute atomic E-state index is 0.0799. The molecule has 0 bridgehead atoms. The molecule has 0 radical (unpaired) electrons. The van der Waals surface area contributed by atoms with E-state index in [1.54, 1.807) is 0 Å². The van der Waals surface area contributed by atoms with Gasteiger partial charge in [0.15, 0.2) is 6.10 Å². The van der Waals surface area contributed by atoms with Crippen LogP contribution in [-0.4, -0.2) is 37.2 Å². The van der Waals surface area contributed by atoms with Gasteiger partial charge in [0.25, 0.3) is 0 Å². The lowest BCUT2D eigenvalue weighted by molar-refractivity contribution is -0.167. The van der Waals surface area contributed by atoms with Gasteiger partial charge in [-0.3, -0.25) is 14.4 Å². The smallest absolute Gasteiger partial charge is 0.306 e. The van der Waals surface area contributed by atoms with E-state index in [2.05, 4.69) is 69.4 Å². The summed E-state index contributed by atoms with van der Waals surface area (Å²) >= 11 is 0. The topological polar surface area (TPSA) is 78.9 Å². The summed E-state index contributed by atoms with van der Waals surface area (Å²) in [4.78, 5) is 38.4. The fraction of sp³-hybridized carbons (Fsp3) is 0.851. The van der Waals surface area contributed by atoms with Crippen LogP contribution in [0.25, 0.3) is 0 Å². The van der Waals surface area contributed by atoms with E-state index in [1.165, 1.54) is 244 Å². The second-order valence-electron chi connectivity index (χ2n) is 24.1. The molecule has 0 spiro atoms. The monoisotopic (exact) mass is 1120 g/mol. The van der Waals surface area contributed by atoms with Gasteiger partial charge < -0.3 is 14.2 Å². The van der Waals surface area contributed by atoms with Gasteiger partial charge in [-0.25, -0.2) is 0 Å². The van der Waals surface area contributed by atoms with Crippen LogP contribution in [0.15, 0.2) is 48.6 Å². The van der Waals surface area contributed by atoms with Crippen LogP contribution in [0, 0.1) is 0 Å². The lowest BCUT2D eigenvalue weighted by Gasteiger charge is -2.18. The van der Waals surface area contributed by atoms with Gasteiger partial charge >= 0.3 is 17.9 Å². The first-order valence-electron chi connectivity index (χ1n) is 35.6. The molecule has 0 heterocycles. The molecule has 0 aromatic heterocycles. The van der Waals surface area contributed by atoms with Gasteiger partial charge in [-0.15, -0.1) is 0 Å². The third kappa shape index (κ3) is 66.2. The number of ether oxygens (including phenoxy) is 3. The van der Waals surface area contributed by atoms with E-state index in [-0.39, 0.29) is 31.1 Å². The van der Waals surface area contributed by atoms with Crippen molar-refractivity contribution >= 4 is 17.9 Å². The van der Waals surface area contributed by atoms with E-state index in [0.717, 1.165) is 103 Å². The Morgan fingerprint density at radius 3 is 0.725 bits per heavy atom. The maximum absolute atomic E-state index is 12.9. The van der Waals surface area contributed by atoms with Gasteiger partial charge in [-0.05, 0) is 83.5 Å². The minimum atomic E-state index is -0.786. The molecule has 6 heteroatoms. The summed E-state index contributed by atoms with van der Waals surface area (Å²) in [6, 6.07) is 0. The summed E-state index contributed by atoms with van der Waals surface area (Å²) < 4.78 is 16.9. The maximum atomic E-state index is 12.9. The molecule has 0 aliphatic rings. The van der Waals surface area contributed by atoms with Crippen LogP contribution >= 0.6 is 0 Å². The van der Waals surface area contributed by atoms with Crippen molar-refractivity contribution < 1.29 is 28.6 Å². The average molecular weight is 1120 g/mol. The molecule has 0 amide bonds. The number of carbonyl (C=O) groups is 3. The zero-order valence-electron chi connectivity index (χ0n) is 53.9. The highest BCUT2D eigenvalue weighted by atomic mass is 16.6. The van der Waals surface area contributed by atoms with Gasteiger partial charge in [0.2, 0.25) is 0 Å². The van der Waals surface area contributed by atoms with Crippen LogP contribution in [0.2, 0.25) is 0 Å². The highest BCUT2D eigenvalue weighted by Crippen LogP contribution is 2.18. The van der Waals surface area contributed by atoms with Crippen LogP contribution in [-0.2, 0) is 28.6 Å². The second kappa shape index (κ2) is 68.9. The van der Waals surface area contributed by atoms with Gasteiger partial charge in [-0.2, -0.15) is 0 Å². The zero-order valence-corrected chi connectivity index (χ0v) is 53.9. The van der Waals surface area contributed by atoms with Crippen LogP contribution in [0.4, 0.5) is 0 Å². The molecular formula is C74H136O6. The normalized spacial score (nSPS) is 12.3. The lowest BCUT2D eigenvalue weighted by Crippen LogP contribution is -2.30. The van der Waals surface area contributed by atoms with Gasteiger partial charge in [0, 0.05) is 19.3 Å². The first kappa shape index (κ1) is 77.4. The average Bonchev–Trinajstić information content (AvgIpc) is 3.46. The van der Waals surface area contributed by atoms with Crippen molar-refractivity contribution in [3.8, 4) is 0 Å². The third-order valence-corrected chi connectivity index (χ3v) is 16.1. The first-order chi connectivity index (χ1) is 39.5. The number of esters is 3. The van der Waals surface area contributed by atoms with Crippen molar-refractivity contribution in [3.05, 3.63) is 48.6 Å². The van der Waals surface area contributed by atoms with E-state index >= 15 is 0 Å². The molecular weight excluding hydrogens is 985 g/mol. The SMILES string of the molecule is CCCCC/C=C\C/C=C\CCCCCCCC(=O)OCC(COC(=O)CCCCCCCCCCCCCCCCCCCCCCCCCCCCCCCCC)OC(=O)CCCCCCC/C=C\C/C=C\CCCCCC. The Hall–Kier alpha value is -2.63. The summed E-state index contributed by atoms with van der Waals surface area (Å²) in [5.41, 5.74) is 0. The lowest BCUT2D eigenvalue weighted by atomic mass is 10.0. The number of hydrogen-bond donors (Lipinski definition) is 0. The molecule has 0 saturated heterocycles. The summed E-state index contributed by atoms with van der Waals surface area (Å²) in [5.74, 6) is -0.885. The molecule has 0 fully saturated rings. The first-order valence-corrected chi connectivity index (χ1v) is 35.6. The van der Waals surface area contributed by atoms with Crippen LogP contribution in [0.5, 0.6) is 0 Å². The fourth-order valence-corrected chi connectivity index (χ4v) is 10.7. The Morgan fingerprint density at radius 2 is 0.450 bits per heavy atom. The van der Waals surface area contributed by atoms with Crippen molar-refractivity contribution in [2.24, 2.45) is 0 Å². The predicted octanol–water partition coefficient (Wildman–Crippen LogP) is 24.5. The molecule has 0 saturated carbocycles. The van der Waals surface area contributed by atoms with Crippen molar-refractivity contribution in [1.29, 1.82) is 0 Å². The quantitative estimate of drug-likeness (QED) is 0.0261. The van der Waals surface area contributed by atoms with Crippen molar-refractivity contribution in [1.82, 2.24) is 0 Å². The number of carbonyl (C=O) groups excluding carboxylic acids is 3. The van der Waals surface area contributed by atoms with Crippen LogP contribution in [0.1, 0.15) is 387 Å². The largest absolute Gasteiger partial charge is 0.462 e. The van der Waals surface area contributed by atoms with Crippen LogP contribution in [0.3, 0.4) is 0 Å². The third-order valence-electron chi connectivity index (χ3n) is 16.1. The molecule has 0 aliphatic carbocycles. The summed E-state index contributed by atoms with van der Waals surface area (Å²) in [7, 11) is 0. The molecule has 0 rings (SSSR count). The Kier molecular flexibility index (Phi) is 66.6. The van der Waals surface area contributed by atoms with Gasteiger partial charge in [0.05, 0.1) is 0 Å². The highest BCUT2D eigenvalue weighted by molar-refractivity contribution is 5.71. The molecule has 0 N–H and O–H groups in total. The van der Waals surface area contributed by atoms with Crippen molar-refractivity contribution in [2.75, 3.05) is 13.2 Å². The zero-order chi connectivity index (χ0) is 57.8. The maximum Gasteiger partial charge on any atom is 0.306 e. The molecule has 468 valence electrons. The second-order valence-corrected chi connectivity index (χ2v) is 24.1. The van der Waals surface area contributed by atoms with Crippen molar-refractivity contribution in [3.63, 3.8) is 0 Å². The highest BCUT2D eigenvalue weighted by Gasteiger charge is 2.19. The number of rotatable bonds is 66. The Morgan fingerprint density at radius 1 is 0.250 bits per heavy atom. The predicted molar refractivity (Wildman–Crippen MR) is 349 cm³/mol. The molecule has 80 heavy (non-hydrogen) atoms. The molecule has 0 aromatic carbocycles. The van der Waals surface area contributed by atoms with Crippen LogP contribution < -0.4 is 0 Å². The molecule has 0 aliphatic heterocycles. The summed E-state index contributed by atoms with van der Waals surface area (Å²) in [5, 5.41) is 0. The number of unbranched alkanes of at least 4 members (excludes halogenated alkanes) is 47.